The van der Waals surface area contributed by atoms with E-state index >= 15 is 0 Å². The number of nitrogens with one attached hydrogen (secondary N) is 1. The maximum atomic E-state index is 12.3. The zero-order valence-electron chi connectivity index (χ0n) is 3.87. The normalized spacial score (nSPS) is 24.1. The quantitative estimate of drug-likeness (QED) is 0.366. The summed E-state index contributed by atoms with van der Waals surface area (Å²) < 4.78 is 12.3. The summed E-state index contributed by atoms with van der Waals surface area (Å²) in [6, 6.07) is 0. The number of hydrogen-bond donors (Lipinski definition) is 2. The van der Waals surface area contributed by atoms with Crippen molar-refractivity contribution < 1.29 is 4.39 Å². The molecule has 1 rings (SSSR count). The van der Waals surface area contributed by atoms with Gasteiger partial charge < -0.3 is 5.73 Å². The minimum absolute atomic E-state index is 0.312. The number of rotatable bonds is 1. The van der Waals surface area contributed by atoms with Crippen LogP contribution < -0.4 is 5.73 Å². The van der Waals surface area contributed by atoms with Gasteiger partial charge in [-0.3, -0.25) is 5.41 Å². The maximum Gasteiger partial charge on any atom is 0.167 e. The van der Waals surface area contributed by atoms with E-state index in [1.165, 1.54) is 0 Å². The highest BCUT2D eigenvalue weighted by Crippen LogP contribution is 2.39. The lowest BCUT2D eigenvalue weighted by atomic mass is 10.3. The number of amidine groups is 1. The number of hydrogen-bond acceptors (Lipinski definition) is 1. The molecule has 40 valence electrons. The van der Waals surface area contributed by atoms with Crippen LogP contribution in [0, 0.1) is 5.41 Å². The molecule has 7 heavy (non-hydrogen) atoms. The van der Waals surface area contributed by atoms with Gasteiger partial charge in [-0.25, -0.2) is 4.39 Å². The molecule has 3 N–H and O–H groups in total. The molecule has 1 aliphatic carbocycles. The third-order valence-corrected chi connectivity index (χ3v) is 1.17. The highest BCUT2D eigenvalue weighted by atomic mass is 19.1. The van der Waals surface area contributed by atoms with Gasteiger partial charge in [0.2, 0.25) is 0 Å². The fourth-order valence-corrected chi connectivity index (χ4v) is 0.379. The van der Waals surface area contributed by atoms with Gasteiger partial charge >= 0.3 is 0 Å². The van der Waals surface area contributed by atoms with Crippen LogP contribution in [0.4, 0.5) is 4.39 Å². The van der Waals surface area contributed by atoms with Crippen LogP contribution >= 0.6 is 0 Å². The summed E-state index contributed by atoms with van der Waals surface area (Å²) in [6.07, 6.45) is 0.894. The average molecular weight is 102 g/mol. The molecule has 0 aromatic rings. The first-order valence-corrected chi connectivity index (χ1v) is 2.18. The highest BCUT2D eigenvalue weighted by molar-refractivity contribution is 5.88. The number of alkyl halides is 1. The van der Waals surface area contributed by atoms with Crippen LogP contribution in [0.15, 0.2) is 0 Å². The number of halogens is 1. The van der Waals surface area contributed by atoms with Crippen molar-refractivity contribution in [3.63, 3.8) is 0 Å². The van der Waals surface area contributed by atoms with Crippen molar-refractivity contribution >= 4 is 5.84 Å². The summed E-state index contributed by atoms with van der Waals surface area (Å²) in [7, 11) is 0. The van der Waals surface area contributed by atoms with Crippen LogP contribution in [0.5, 0.6) is 0 Å². The van der Waals surface area contributed by atoms with Crippen molar-refractivity contribution in [1.82, 2.24) is 0 Å². The summed E-state index contributed by atoms with van der Waals surface area (Å²) in [5.74, 6) is -0.312. The van der Waals surface area contributed by atoms with Crippen molar-refractivity contribution in [3.8, 4) is 0 Å². The fourth-order valence-electron chi connectivity index (χ4n) is 0.379. The van der Waals surface area contributed by atoms with Gasteiger partial charge in [0.15, 0.2) is 5.67 Å². The van der Waals surface area contributed by atoms with Gasteiger partial charge in [0.05, 0.1) is 0 Å². The molecule has 0 atom stereocenters. The van der Waals surface area contributed by atoms with Crippen molar-refractivity contribution in [1.29, 1.82) is 5.41 Å². The molecule has 1 fully saturated rings. The molecule has 0 aromatic carbocycles. The van der Waals surface area contributed by atoms with Crippen molar-refractivity contribution in [3.05, 3.63) is 0 Å². The van der Waals surface area contributed by atoms with Crippen LogP contribution in [0.25, 0.3) is 0 Å². The zero-order chi connectivity index (χ0) is 5.49. The van der Waals surface area contributed by atoms with Crippen molar-refractivity contribution in [2.75, 3.05) is 0 Å². The van der Waals surface area contributed by atoms with Crippen LogP contribution in [0.3, 0.4) is 0 Å². The molecule has 0 bridgehead atoms. The molecule has 0 radical (unpaired) electrons. The Labute approximate surface area is 41.0 Å². The van der Waals surface area contributed by atoms with Crippen LogP contribution in [0.1, 0.15) is 12.8 Å². The molecular formula is C4H7FN2. The van der Waals surface area contributed by atoms with E-state index in [0.29, 0.717) is 12.8 Å². The lowest BCUT2D eigenvalue weighted by molar-refractivity contribution is 0.402. The van der Waals surface area contributed by atoms with Gasteiger partial charge in [-0.15, -0.1) is 0 Å². The van der Waals surface area contributed by atoms with E-state index in [1.54, 1.807) is 0 Å². The molecule has 2 nitrogen and oxygen atoms in total. The standard InChI is InChI=1S/C4H7FN2/c5-4(1-2-4)3(6)7/h1-2H2,(H3,6,7). The first-order valence-electron chi connectivity index (χ1n) is 2.18. The van der Waals surface area contributed by atoms with E-state index < -0.39 is 5.67 Å². The molecule has 1 saturated carbocycles. The summed E-state index contributed by atoms with van der Waals surface area (Å²) in [5, 5.41) is 6.61. The van der Waals surface area contributed by atoms with Gasteiger partial charge in [-0.05, 0) is 12.8 Å². The Morgan fingerprint density at radius 2 is 2.14 bits per heavy atom. The Hall–Kier alpha value is -0.600. The Balaban J connectivity index is 2.55. The maximum absolute atomic E-state index is 12.3. The summed E-state index contributed by atoms with van der Waals surface area (Å²) >= 11 is 0. The van der Waals surface area contributed by atoms with Crippen LogP contribution in [-0.2, 0) is 0 Å². The topological polar surface area (TPSA) is 49.9 Å². The SMILES string of the molecule is N=C(N)C1(F)CC1. The van der Waals surface area contributed by atoms with Crippen LogP contribution in [-0.4, -0.2) is 11.5 Å². The third-order valence-electron chi connectivity index (χ3n) is 1.17. The van der Waals surface area contributed by atoms with E-state index in [0.717, 1.165) is 0 Å². The van der Waals surface area contributed by atoms with E-state index in [4.69, 9.17) is 11.1 Å². The predicted molar refractivity (Wildman–Crippen MR) is 25.0 cm³/mol. The smallest absolute Gasteiger partial charge is 0.167 e. The predicted octanol–water partition coefficient (Wildman–Crippen LogP) is 0.424. The first-order chi connectivity index (χ1) is 3.15. The highest BCUT2D eigenvalue weighted by Gasteiger charge is 2.46. The molecule has 0 aromatic heterocycles. The Morgan fingerprint density at radius 1 is 1.71 bits per heavy atom. The molecule has 1 aliphatic rings. The van der Waals surface area contributed by atoms with E-state index in [9.17, 15) is 4.39 Å². The minimum atomic E-state index is -1.39. The molecule has 0 spiro atoms. The monoisotopic (exact) mass is 102 g/mol. The molecular weight excluding hydrogens is 95.1 g/mol. The van der Waals surface area contributed by atoms with Crippen molar-refractivity contribution in [2.24, 2.45) is 5.73 Å². The van der Waals surface area contributed by atoms with Gasteiger partial charge in [0, 0.05) is 0 Å². The molecule has 0 amide bonds. The van der Waals surface area contributed by atoms with Gasteiger partial charge in [0.1, 0.15) is 5.84 Å². The lowest BCUT2D eigenvalue weighted by Crippen LogP contribution is -2.24. The third kappa shape index (κ3) is 0.577. The average Bonchev–Trinajstić information content (AvgIpc) is 2.21. The molecule has 0 unspecified atom stereocenters. The lowest BCUT2D eigenvalue weighted by Gasteiger charge is -1.96. The van der Waals surface area contributed by atoms with E-state index in [-0.39, 0.29) is 5.84 Å². The van der Waals surface area contributed by atoms with Crippen LogP contribution in [0.2, 0.25) is 0 Å². The second kappa shape index (κ2) is 0.967. The Bertz CT molecular complexity index is 106. The molecule has 0 heterocycles. The second-order valence-electron chi connectivity index (χ2n) is 1.88. The molecule has 3 heteroatoms. The summed E-state index contributed by atoms with van der Waals surface area (Å²) in [5.41, 5.74) is 3.45. The largest absolute Gasteiger partial charge is 0.385 e. The van der Waals surface area contributed by atoms with Gasteiger partial charge in [0.25, 0.3) is 0 Å². The second-order valence-corrected chi connectivity index (χ2v) is 1.88. The van der Waals surface area contributed by atoms with Crippen molar-refractivity contribution in [2.45, 2.75) is 18.5 Å². The fraction of sp³-hybridized carbons (Fsp3) is 0.750. The summed E-state index contributed by atoms with van der Waals surface area (Å²) in [4.78, 5) is 0. The van der Waals surface area contributed by atoms with Gasteiger partial charge in [-0.1, -0.05) is 0 Å². The first kappa shape index (κ1) is 4.56. The van der Waals surface area contributed by atoms with E-state index in [2.05, 4.69) is 0 Å². The molecule has 0 saturated heterocycles. The van der Waals surface area contributed by atoms with Gasteiger partial charge in [-0.2, -0.15) is 0 Å². The zero-order valence-corrected chi connectivity index (χ0v) is 3.87. The minimum Gasteiger partial charge on any atom is -0.385 e. The van der Waals surface area contributed by atoms with E-state index in [1.807, 2.05) is 0 Å². The Kier molecular flexibility index (Phi) is 0.629. The Morgan fingerprint density at radius 3 is 2.14 bits per heavy atom. The summed E-state index contributed by atoms with van der Waals surface area (Å²) in [6.45, 7) is 0. The number of nitrogens with two attached hydrogens (primary N) is 1. The molecule has 0 aliphatic heterocycles.